The molecule has 0 aliphatic carbocycles. The summed E-state index contributed by atoms with van der Waals surface area (Å²) >= 11 is 0. The number of carbonyl (C=O) groups excluding carboxylic acids is 1. The van der Waals surface area contributed by atoms with Crippen LogP contribution in [0.5, 0.6) is 0 Å². The summed E-state index contributed by atoms with van der Waals surface area (Å²) in [7, 11) is 0. The number of hydrogen-bond donors (Lipinski definition) is 2. The van der Waals surface area contributed by atoms with Crippen molar-refractivity contribution < 1.29 is 14.7 Å². The number of benzene rings is 1. The Morgan fingerprint density at radius 3 is 2.48 bits per heavy atom. The van der Waals surface area contributed by atoms with E-state index in [1.54, 1.807) is 0 Å². The van der Waals surface area contributed by atoms with Crippen molar-refractivity contribution in [3.8, 4) is 0 Å². The normalized spacial score (nSPS) is 24.7. The highest BCUT2D eigenvalue weighted by atomic mass is 16.4. The van der Waals surface area contributed by atoms with Crippen molar-refractivity contribution in [2.75, 3.05) is 13.1 Å². The third-order valence-electron chi connectivity index (χ3n) is 4.62. The Hall–Kier alpha value is -1.88. The number of aliphatic carboxylic acids is 1. The molecule has 0 bridgehead atoms. The number of carbonyl (C=O) groups is 2. The number of rotatable bonds is 5. The average molecular weight is 318 g/mol. The zero-order valence-electron chi connectivity index (χ0n) is 14.0. The number of likely N-dealkylation sites (tertiary alicyclic amines) is 1. The van der Waals surface area contributed by atoms with Crippen LogP contribution in [0.3, 0.4) is 0 Å². The van der Waals surface area contributed by atoms with Crippen LogP contribution >= 0.6 is 0 Å². The van der Waals surface area contributed by atoms with E-state index in [4.69, 9.17) is 0 Å². The molecule has 1 aliphatic rings. The number of amides is 1. The van der Waals surface area contributed by atoms with Crippen LogP contribution in [0.4, 0.5) is 0 Å². The number of hydrogen-bond acceptors (Lipinski definition) is 3. The quantitative estimate of drug-likeness (QED) is 0.874. The van der Waals surface area contributed by atoms with Crippen molar-refractivity contribution >= 4 is 11.9 Å². The molecule has 5 heteroatoms. The van der Waals surface area contributed by atoms with Crippen molar-refractivity contribution in [3.63, 3.8) is 0 Å². The topological polar surface area (TPSA) is 69.6 Å². The van der Waals surface area contributed by atoms with Crippen LogP contribution in [0, 0.1) is 11.8 Å². The Morgan fingerprint density at radius 2 is 1.87 bits per heavy atom. The second-order valence-electron chi connectivity index (χ2n) is 6.65. The van der Waals surface area contributed by atoms with Gasteiger partial charge < -0.3 is 10.4 Å². The summed E-state index contributed by atoms with van der Waals surface area (Å²) < 4.78 is 0. The van der Waals surface area contributed by atoms with Crippen molar-refractivity contribution in [3.05, 3.63) is 35.9 Å². The summed E-state index contributed by atoms with van der Waals surface area (Å²) in [5.74, 6) is -0.932. The molecule has 126 valence electrons. The first-order valence-corrected chi connectivity index (χ1v) is 8.20. The van der Waals surface area contributed by atoms with E-state index < -0.39 is 5.97 Å². The van der Waals surface area contributed by atoms with Gasteiger partial charge in [-0.3, -0.25) is 14.5 Å². The second kappa shape index (κ2) is 7.59. The lowest BCUT2D eigenvalue weighted by molar-refractivity contribution is -0.146. The van der Waals surface area contributed by atoms with Crippen LogP contribution in [0.25, 0.3) is 0 Å². The zero-order chi connectivity index (χ0) is 17.0. The molecule has 0 saturated carbocycles. The molecular weight excluding hydrogens is 292 g/mol. The number of carboxylic acids is 1. The predicted octanol–water partition coefficient (Wildman–Crippen LogP) is 2.29. The molecule has 4 unspecified atom stereocenters. The number of piperidine rings is 1. The summed E-state index contributed by atoms with van der Waals surface area (Å²) in [6.45, 7) is 7.05. The van der Waals surface area contributed by atoms with E-state index in [9.17, 15) is 14.7 Å². The van der Waals surface area contributed by atoms with Gasteiger partial charge in [0.1, 0.15) is 0 Å². The molecule has 1 amide bonds. The smallest absolute Gasteiger partial charge is 0.307 e. The zero-order valence-corrected chi connectivity index (χ0v) is 14.0. The molecule has 1 fully saturated rings. The lowest BCUT2D eigenvalue weighted by atomic mass is 9.89. The van der Waals surface area contributed by atoms with Crippen LogP contribution in [0.1, 0.15) is 38.8 Å². The third-order valence-corrected chi connectivity index (χ3v) is 4.62. The molecule has 0 spiro atoms. The SMILES string of the molecule is CC1CC(C(=O)O)CN(C(C)C(=O)NC(C)c2ccccc2)C1. The van der Waals surface area contributed by atoms with E-state index in [2.05, 4.69) is 5.32 Å². The first kappa shape index (κ1) is 17.5. The molecule has 1 heterocycles. The van der Waals surface area contributed by atoms with Gasteiger partial charge in [-0.25, -0.2) is 0 Å². The lowest BCUT2D eigenvalue weighted by Gasteiger charge is -2.38. The largest absolute Gasteiger partial charge is 0.481 e. The van der Waals surface area contributed by atoms with Crippen molar-refractivity contribution in [2.24, 2.45) is 11.8 Å². The third kappa shape index (κ3) is 4.55. The minimum atomic E-state index is -0.771. The van der Waals surface area contributed by atoms with E-state index >= 15 is 0 Å². The van der Waals surface area contributed by atoms with Crippen LogP contribution in [0.2, 0.25) is 0 Å². The van der Waals surface area contributed by atoms with Gasteiger partial charge in [0.05, 0.1) is 18.0 Å². The summed E-state index contributed by atoms with van der Waals surface area (Å²) in [5.41, 5.74) is 1.06. The lowest BCUT2D eigenvalue weighted by Crippen LogP contribution is -2.52. The maximum atomic E-state index is 12.5. The maximum absolute atomic E-state index is 12.5. The van der Waals surface area contributed by atoms with E-state index in [-0.39, 0.29) is 29.8 Å². The van der Waals surface area contributed by atoms with Crippen LogP contribution in [0.15, 0.2) is 30.3 Å². The molecule has 1 aliphatic heterocycles. The Kier molecular flexibility index (Phi) is 5.77. The molecule has 1 aromatic carbocycles. The molecule has 2 N–H and O–H groups in total. The van der Waals surface area contributed by atoms with Gasteiger partial charge >= 0.3 is 5.97 Å². The van der Waals surface area contributed by atoms with Gasteiger partial charge in [-0.15, -0.1) is 0 Å². The maximum Gasteiger partial charge on any atom is 0.307 e. The van der Waals surface area contributed by atoms with Gasteiger partial charge in [-0.1, -0.05) is 37.3 Å². The summed E-state index contributed by atoms with van der Waals surface area (Å²) in [5, 5.41) is 12.3. The van der Waals surface area contributed by atoms with Crippen molar-refractivity contribution in [2.45, 2.75) is 39.3 Å². The van der Waals surface area contributed by atoms with Gasteiger partial charge in [0, 0.05) is 13.1 Å². The van der Waals surface area contributed by atoms with E-state index in [0.717, 1.165) is 12.1 Å². The molecule has 5 nitrogen and oxygen atoms in total. The fraction of sp³-hybridized carbons (Fsp3) is 0.556. The number of carboxylic acid groups (broad SMARTS) is 1. The molecule has 4 atom stereocenters. The first-order valence-electron chi connectivity index (χ1n) is 8.20. The van der Waals surface area contributed by atoms with Gasteiger partial charge in [0.2, 0.25) is 5.91 Å². The van der Waals surface area contributed by atoms with Gasteiger partial charge in [-0.2, -0.15) is 0 Å². The fourth-order valence-electron chi connectivity index (χ4n) is 3.21. The summed E-state index contributed by atoms with van der Waals surface area (Å²) in [6.07, 6.45) is 0.681. The minimum absolute atomic E-state index is 0.0559. The monoisotopic (exact) mass is 318 g/mol. The number of nitrogens with zero attached hydrogens (tertiary/aromatic N) is 1. The highest BCUT2D eigenvalue weighted by Gasteiger charge is 2.34. The molecule has 0 radical (unpaired) electrons. The Balaban J connectivity index is 1.97. The molecular formula is C18H26N2O3. The second-order valence-corrected chi connectivity index (χ2v) is 6.65. The molecule has 1 aromatic rings. The van der Waals surface area contributed by atoms with Gasteiger partial charge in [0.15, 0.2) is 0 Å². The Labute approximate surface area is 137 Å². The van der Waals surface area contributed by atoms with Gasteiger partial charge in [0.25, 0.3) is 0 Å². The highest BCUT2D eigenvalue weighted by Crippen LogP contribution is 2.23. The van der Waals surface area contributed by atoms with E-state index in [1.165, 1.54) is 0 Å². The average Bonchev–Trinajstić information content (AvgIpc) is 2.54. The summed E-state index contributed by atoms with van der Waals surface area (Å²) in [6, 6.07) is 9.42. The Bertz CT molecular complexity index is 546. The minimum Gasteiger partial charge on any atom is -0.481 e. The Morgan fingerprint density at radius 1 is 1.22 bits per heavy atom. The summed E-state index contributed by atoms with van der Waals surface area (Å²) in [4.78, 5) is 25.8. The standard InChI is InChI=1S/C18H26N2O3/c1-12-9-16(18(22)23)11-20(10-12)14(3)17(21)19-13(2)15-7-5-4-6-8-15/h4-8,12-14,16H,9-11H2,1-3H3,(H,19,21)(H,22,23). The first-order chi connectivity index (χ1) is 10.9. The molecule has 1 saturated heterocycles. The molecule has 0 aromatic heterocycles. The van der Waals surface area contributed by atoms with Crippen LogP contribution in [-0.2, 0) is 9.59 Å². The van der Waals surface area contributed by atoms with Gasteiger partial charge in [-0.05, 0) is 31.7 Å². The number of nitrogens with one attached hydrogen (secondary N) is 1. The van der Waals surface area contributed by atoms with E-state index in [0.29, 0.717) is 13.0 Å². The van der Waals surface area contributed by atoms with E-state index in [1.807, 2.05) is 56.0 Å². The fourth-order valence-corrected chi connectivity index (χ4v) is 3.21. The van der Waals surface area contributed by atoms with Crippen LogP contribution < -0.4 is 5.32 Å². The highest BCUT2D eigenvalue weighted by molar-refractivity contribution is 5.82. The van der Waals surface area contributed by atoms with Crippen molar-refractivity contribution in [1.29, 1.82) is 0 Å². The van der Waals surface area contributed by atoms with Crippen LogP contribution in [-0.4, -0.2) is 41.0 Å². The predicted molar refractivity (Wildman–Crippen MR) is 88.9 cm³/mol. The van der Waals surface area contributed by atoms with Crippen molar-refractivity contribution in [1.82, 2.24) is 10.2 Å². The molecule has 2 rings (SSSR count). The molecule has 23 heavy (non-hydrogen) atoms.